The van der Waals surface area contributed by atoms with Crippen molar-refractivity contribution in [3.05, 3.63) is 30.1 Å². The second-order valence-corrected chi connectivity index (χ2v) is 7.96. The SMILES string of the molecule is CS(=O)(=O)N(CCNC(=O)NC1CCCCC1)c1cccc(F)c1. The summed E-state index contributed by atoms with van der Waals surface area (Å²) in [7, 11) is -3.56. The van der Waals surface area contributed by atoms with Gasteiger partial charge in [0.15, 0.2) is 0 Å². The summed E-state index contributed by atoms with van der Waals surface area (Å²) in [6, 6.07) is 5.27. The first-order valence-electron chi connectivity index (χ1n) is 8.14. The third kappa shape index (κ3) is 5.67. The zero-order valence-electron chi connectivity index (χ0n) is 13.8. The maximum absolute atomic E-state index is 13.3. The molecule has 2 N–H and O–H groups in total. The monoisotopic (exact) mass is 357 g/mol. The number of carbonyl (C=O) groups is 1. The van der Waals surface area contributed by atoms with E-state index in [0.29, 0.717) is 0 Å². The predicted octanol–water partition coefficient (Wildman–Crippen LogP) is 2.22. The number of anilines is 1. The number of rotatable bonds is 6. The molecule has 134 valence electrons. The molecule has 1 aromatic carbocycles. The smallest absolute Gasteiger partial charge is 0.315 e. The van der Waals surface area contributed by atoms with Crippen LogP contribution in [0.5, 0.6) is 0 Å². The summed E-state index contributed by atoms with van der Waals surface area (Å²) in [4.78, 5) is 11.9. The number of carbonyl (C=O) groups excluding carboxylic acids is 1. The van der Waals surface area contributed by atoms with E-state index in [9.17, 15) is 17.6 Å². The van der Waals surface area contributed by atoms with Gasteiger partial charge in [-0.1, -0.05) is 25.3 Å². The maximum Gasteiger partial charge on any atom is 0.315 e. The molecule has 0 aromatic heterocycles. The van der Waals surface area contributed by atoms with E-state index in [4.69, 9.17) is 0 Å². The minimum atomic E-state index is -3.56. The van der Waals surface area contributed by atoms with Gasteiger partial charge >= 0.3 is 6.03 Å². The number of hydrogen-bond acceptors (Lipinski definition) is 3. The first-order chi connectivity index (χ1) is 11.4. The van der Waals surface area contributed by atoms with E-state index in [1.54, 1.807) is 0 Å². The zero-order chi connectivity index (χ0) is 17.6. The van der Waals surface area contributed by atoms with Crippen molar-refractivity contribution in [3.63, 3.8) is 0 Å². The molecule has 0 atom stereocenters. The molecule has 1 aliphatic carbocycles. The van der Waals surface area contributed by atoms with Crippen LogP contribution in [-0.2, 0) is 10.0 Å². The molecule has 1 aliphatic rings. The van der Waals surface area contributed by atoms with Gasteiger partial charge in [-0.3, -0.25) is 4.31 Å². The topological polar surface area (TPSA) is 78.5 Å². The lowest BCUT2D eigenvalue weighted by Crippen LogP contribution is -2.45. The number of benzene rings is 1. The highest BCUT2D eigenvalue weighted by Crippen LogP contribution is 2.18. The van der Waals surface area contributed by atoms with Gasteiger partial charge in [0.05, 0.1) is 18.5 Å². The third-order valence-electron chi connectivity index (χ3n) is 4.04. The first-order valence-corrected chi connectivity index (χ1v) is 9.99. The van der Waals surface area contributed by atoms with Crippen LogP contribution in [-0.4, -0.2) is 39.8 Å². The number of nitrogens with zero attached hydrogens (tertiary/aromatic N) is 1. The minimum absolute atomic E-state index is 0.0420. The summed E-state index contributed by atoms with van der Waals surface area (Å²) in [6.07, 6.45) is 6.45. The van der Waals surface area contributed by atoms with E-state index < -0.39 is 15.8 Å². The Morgan fingerprint density at radius 1 is 1.29 bits per heavy atom. The summed E-state index contributed by atoms with van der Waals surface area (Å²) in [5, 5.41) is 5.57. The van der Waals surface area contributed by atoms with Crippen molar-refractivity contribution in [1.82, 2.24) is 10.6 Å². The maximum atomic E-state index is 13.3. The molecular weight excluding hydrogens is 333 g/mol. The van der Waals surface area contributed by atoms with Gasteiger partial charge in [0.1, 0.15) is 5.82 Å². The fourth-order valence-electron chi connectivity index (χ4n) is 2.87. The second kappa shape index (κ2) is 8.32. The van der Waals surface area contributed by atoms with Crippen LogP contribution in [0.15, 0.2) is 24.3 Å². The molecule has 2 rings (SSSR count). The zero-order valence-corrected chi connectivity index (χ0v) is 14.6. The number of urea groups is 1. The molecule has 0 unspecified atom stereocenters. The molecule has 0 aliphatic heterocycles. The van der Waals surface area contributed by atoms with Gasteiger partial charge < -0.3 is 10.6 Å². The van der Waals surface area contributed by atoms with E-state index in [-0.39, 0.29) is 30.8 Å². The molecular formula is C16H24FN3O3S. The summed E-state index contributed by atoms with van der Waals surface area (Å²) in [5.74, 6) is -0.510. The number of hydrogen-bond donors (Lipinski definition) is 2. The summed E-state index contributed by atoms with van der Waals surface area (Å²) >= 11 is 0. The molecule has 24 heavy (non-hydrogen) atoms. The van der Waals surface area contributed by atoms with Gasteiger partial charge in [-0.2, -0.15) is 0 Å². The Morgan fingerprint density at radius 2 is 2.00 bits per heavy atom. The van der Waals surface area contributed by atoms with E-state index >= 15 is 0 Å². The number of nitrogens with one attached hydrogen (secondary N) is 2. The molecule has 0 radical (unpaired) electrons. The van der Waals surface area contributed by atoms with Crippen LogP contribution in [0.25, 0.3) is 0 Å². The van der Waals surface area contributed by atoms with E-state index in [1.807, 2.05) is 0 Å². The van der Waals surface area contributed by atoms with Crippen LogP contribution in [0, 0.1) is 5.82 Å². The Bertz CT molecular complexity index is 660. The van der Waals surface area contributed by atoms with Crippen LogP contribution in [0.1, 0.15) is 32.1 Å². The Kier molecular flexibility index (Phi) is 6.42. The Labute approximate surface area is 142 Å². The van der Waals surface area contributed by atoms with Gasteiger partial charge in [-0.15, -0.1) is 0 Å². The molecule has 1 aromatic rings. The minimum Gasteiger partial charge on any atom is -0.336 e. The van der Waals surface area contributed by atoms with Gasteiger partial charge in [0.25, 0.3) is 0 Å². The molecule has 6 nitrogen and oxygen atoms in total. The van der Waals surface area contributed by atoms with Gasteiger partial charge in [0, 0.05) is 12.6 Å². The Hall–Kier alpha value is -1.83. The largest absolute Gasteiger partial charge is 0.336 e. The first kappa shape index (κ1) is 18.5. The van der Waals surface area contributed by atoms with Gasteiger partial charge in [-0.25, -0.2) is 17.6 Å². The van der Waals surface area contributed by atoms with Crippen molar-refractivity contribution in [2.45, 2.75) is 38.1 Å². The number of amides is 2. The summed E-state index contributed by atoms with van der Waals surface area (Å²) < 4.78 is 38.2. The van der Waals surface area contributed by atoms with Crippen LogP contribution in [0.2, 0.25) is 0 Å². The molecule has 0 bridgehead atoms. The normalized spacial score (nSPS) is 15.8. The molecule has 0 saturated heterocycles. The van der Waals surface area contributed by atoms with E-state index in [2.05, 4.69) is 10.6 Å². The van der Waals surface area contributed by atoms with Crippen LogP contribution in [0.3, 0.4) is 0 Å². The third-order valence-corrected chi connectivity index (χ3v) is 5.23. The lowest BCUT2D eigenvalue weighted by Gasteiger charge is -2.24. The molecule has 8 heteroatoms. The van der Waals surface area contributed by atoms with Crippen LogP contribution in [0.4, 0.5) is 14.9 Å². The average molecular weight is 357 g/mol. The highest BCUT2D eigenvalue weighted by molar-refractivity contribution is 7.92. The highest BCUT2D eigenvalue weighted by atomic mass is 32.2. The van der Waals surface area contributed by atoms with Gasteiger partial charge in [0.2, 0.25) is 10.0 Å². The van der Waals surface area contributed by atoms with Crippen molar-refractivity contribution in [1.29, 1.82) is 0 Å². The van der Waals surface area contributed by atoms with Crippen molar-refractivity contribution in [3.8, 4) is 0 Å². The summed E-state index contributed by atoms with van der Waals surface area (Å²) in [5.41, 5.74) is 0.243. The predicted molar refractivity (Wildman–Crippen MR) is 92.0 cm³/mol. The number of halogens is 1. The molecule has 1 fully saturated rings. The fourth-order valence-corrected chi connectivity index (χ4v) is 3.79. The molecule has 0 spiro atoms. The Balaban J connectivity index is 1.88. The Morgan fingerprint density at radius 3 is 2.62 bits per heavy atom. The standard InChI is InChI=1S/C16H24FN3O3S/c1-24(22,23)20(15-9-5-6-13(17)12-15)11-10-18-16(21)19-14-7-3-2-4-8-14/h5-6,9,12,14H,2-4,7-8,10-11H2,1H3,(H2,18,19,21). The lowest BCUT2D eigenvalue weighted by molar-refractivity contribution is 0.233. The lowest BCUT2D eigenvalue weighted by atomic mass is 9.96. The van der Waals surface area contributed by atoms with Crippen molar-refractivity contribution in [2.24, 2.45) is 0 Å². The highest BCUT2D eigenvalue weighted by Gasteiger charge is 2.19. The molecule has 1 saturated carbocycles. The van der Waals surface area contributed by atoms with E-state index in [1.165, 1.54) is 24.6 Å². The quantitative estimate of drug-likeness (QED) is 0.819. The van der Waals surface area contributed by atoms with E-state index in [0.717, 1.165) is 42.3 Å². The van der Waals surface area contributed by atoms with Crippen LogP contribution >= 0.6 is 0 Å². The van der Waals surface area contributed by atoms with Gasteiger partial charge in [-0.05, 0) is 31.0 Å². The molecule has 0 heterocycles. The van der Waals surface area contributed by atoms with Crippen LogP contribution < -0.4 is 14.9 Å². The fraction of sp³-hybridized carbons (Fsp3) is 0.562. The summed E-state index contributed by atoms with van der Waals surface area (Å²) in [6.45, 7) is 0.183. The van der Waals surface area contributed by atoms with Crippen molar-refractivity contribution >= 4 is 21.7 Å². The average Bonchev–Trinajstić information content (AvgIpc) is 2.51. The van der Waals surface area contributed by atoms with Crippen molar-refractivity contribution < 1.29 is 17.6 Å². The second-order valence-electron chi connectivity index (χ2n) is 6.05. The molecule has 2 amide bonds. The number of sulfonamides is 1. The van der Waals surface area contributed by atoms with Crippen molar-refractivity contribution in [2.75, 3.05) is 23.7 Å².